The zero-order valence-corrected chi connectivity index (χ0v) is 38.5. The van der Waals surface area contributed by atoms with Gasteiger partial charge in [0.25, 0.3) is 0 Å². The van der Waals surface area contributed by atoms with Gasteiger partial charge in [-0.05, 0) is 109 Å². The van der Waals surface area contributed by atoms with Crippen molar-refractivity contribution in [1.82, 2.24) is 0 Å². The molecule has 8 rings (SSSR count). The van der Waals surface area contributed by atoms with Crippen molar-refractivity contribution < 1.29 is 84.3 Å². The second-order valence-electron chi connectivity index (χ2n) is 23.0. The summed E-state index contributed by atoms with van der Waals surface area (Å²) >= 11 is 0. The van der Waals surface area contributed by atoms with Crippen molar-refractivity contribution in [3.8, 4) is 0 Å². The van der Waals surface area contributed by atoms with Crippen LogP contribution in [0.25, 0.3) is 0 Å². The van der Waals surface area contributed by atoms with Gasteiger partial charge in [0.2, 0.25) is 6.29 Å². The average Bonchev–Trinajstić information content (AvgIpc) is 3.24. The number of ether oxygens (including phenoxy) is 6. The summed E-state index contributed by atoms with van der Waals surface area (Å²) < 4.78 is 35.6. The quantitative estimate of drug-likeness (QED) is 0.0916. The number of hydrogen-bond acceptors (Lipinski definition) is 17. The summed E-state index contributed by atoms with van der Waals surface area (Å²) in [5.41, 5.74) is -0.434. The topological polar surface area (TPSA) is 275 Å². The van der Waals surface area contributed by atoms with E-state index >= 15 is 0 Å². The first-order valence-corrected chi connectivity index (χ1v) is 23.7. The number of fused-ring (bicyclic) bond motifs is 7. The summed E-state index contributed by atoms with van der Waals surface area (Å²) in [5.74, 6) is -0.0598. The molecule has 10 N–H and O–H groups in total. The molecular formula is C47H76O17. The van der Waals surface area contributed by atoms with E-state index in [1.165, 1.54) is 5.57 Å². The minimum absolute atomic E-state index is 0.0414. The Labute approximate surface area is 376 Å². The molecule has 5 aliphatic carbocycles. The highest BCUT2D eigenvalue weighted by molar-refractivity contribution is 5.79. The van der Waals surface area contributed by atoms with E-state index in [0.717, 1.165) is 44.9 Å². The number of esters is 1. The number of hydrogen-bond donors (Lipinski definition) is 10. The highest BCUT2D eigenvalue weighted by Crippen LogP contribution is 2.76. The smallest absolute Gasteiger partial charge is 0.315 e. The Hall–Kier alpha value is -1.39. The molecule has 0 bridgehead atoms. The zero-order chi connectivity index (χ0) is 46.7. The molecule has 3 saturated heterocycles. The van der Waals surface area contributed by atoms with Crippen LogP contribution >= 0.6 is 0 Å². The summed E-state index contributed by atoms with van der Waals surface area (Å²) in [7, 11) is 0. The van der Waals surface area contributed by atoms with Crippen LogP contribution in [0.15, 0.2) is 11.6 Å². The predicted octanol–water partition coefficient (Wildman–Crippen LogP) is 0.780. The molecule has 0 aromatic carbocycles. The standard InChI is InChI=1S/C47H76O17/c1-42(2)14-16-47(41(58)64-40-35(56)33(54)31(52)26(20-49)61-40)17-15-45(6)22(23(47)18-42)8-9-28-44(5)12-11-29(43(3,4)27(44)10-13-46(28,45)7)62-38-36(57)37(24(50)21-59-38)63-39-34(55)32(53)30(51)25(19-48)60-39/h8,23-40,48-57H,9-21H2,1-7H3. The summed E-state index contributed by atoms with van der Waals surface area (Å²) in [5, 5.41) is 105. The van der Waals surface area contributed by atoms with E-state index in [9.17, 15) is 55.9 Å². The van der Waals surface area contributed by atoms with Gasteiger partial charge < -0.3 is 79.5 Å². The number of allylic oxidation sites excluding steroid dienone is 2. The first-order chi connectivity index (χ1) is 29.9. The van der Waals surface area contributed by atoms with Crippen molar-refractivity contribution in [3.63, 3.8) is 0 Å². The van der Waals surface area contributed by atoms with Gasteiger partial charge in [0, 0.05) is 0 Å². The average molecular weight is 913 g/mol. The largest absolute Gasteiger partial charge is 0.432 e. The molecule has 0 aromatic rings. The lowest BCUT2D eigenvalue weighted by Crippen LogP contribution is -2.66. The molecule has 366 valence electrons. The van der Waals surface area contributed by atoms with Gasteiger partial charge >= 0.3 is 5.97 Å². The van der Waals surface area contributed by atoms with Crippen LogP contribution in [0.1, 0.15) is 113 Å². The summed E-state index contributed by atoms with van der Waals surface area (Å²) in [4.78, 5) is 14.6. The lowest BCUT2D eigenvalue weighted by molar-refractivity contribution is -0.357. The molecule has 17 nitrogen and oxygen atoms in total. The minimum Gasteiger partial charge on any atom is -0.432 e. The highest BCUT2D eigenvalue weighted by atomic mass is 16.7. The number of aliphatic hydroxyl groups excluding tert-OH is 10. The molecule has 3 heterocycles. The van der Waals surface area contributed by atoms with Crippen LogP contribution in [0.2, 0.25) is 0 Å². The van der Waals surface area contributed by atoms with Gasteiger partial charge in [0.05, 0.1) is 31.3 Å². The van der Waals surface area contributed by atoms with Crippen LogP contribution in [-0.2, 0) is 33.2 Å². The number of rotatable bonds is 8. The van der Waals surface area contributed by atoms with Crippen molar-refractivity contribution in [2.45, 2.75) is 205 Å². The van der Waals surface area contributed by atoms with Gasteiger partial charge in [-0.15, -0.1) is 0 Å². The first-order valence-electron chi connectivity index (χ1n) is 23.7. The molecule has 3 aliphatic heterocycles. The van der Waals surface area contributed by atoms with Crippen LogP contribution in [0, 0.1) is 50.2 Å². The van der Waals surface area contributed by atoms with Gasteiger partial charge in [0.15, 0.2) is 12.6 Å². The fourth-order valence-corrected chi connectivity index (χ4v) is 14.8. The number of aliphatic hydroxyl groups is 10. The zero-order valence-electron chi connectivity index (χ0n) is 38.5. The Morgan fingerprint density at radius 1 is 0.672 bits per heavy atom. The van der Waals surface area contributed by atoms with Crippen molar-refractivity contribution in [1.29, 1.82) is 0 Å². The summed E-state index contributed by atoms with van der Waals surface area (Å²) in [6.45, 7) is 14.7. The van der Waals surface area contributed by atoms with Crippen LogP contribution in [0.4, 0.5) is 0 Å². The maximum absolute atomic E-state index is 14.6. The van der Waals surface area contributed by atoms with Crippen molar-refractivity contribution in [2.24, 2.45) is 50.2 Å². The van der Waals surface area contributed by atoms with Gasteiger partial charge in [-0.3, -0.25) is 4.79 Å². The molecular weight excluding hydrogens is 836 g/mol. The Bertz CT molecular complexity index is 1740. The number of carbonyl (C=O) groups is 1. The monoisotopic (exact) mass is 913 g/mol. The highest BCUT2D eigenvalue weighted by Gasteiger charge is 2.70. The third-order valence-corrected chi connectivity index (χ3v) is 18.9. The van der Waals surface area contributed by atoms with E-state index in [-0.39, 0.29) is 51.6 Å². The van der Waals surface area contributed by atoms with E-state index in [4.69, 9.17) is 28.4 Å². The molecule has 8 aliphatic rings. The second kappa shape index (κ2) is 17.2. The maximum atomic E-state index is 14.6. The molecule has 0 amide bonds. The molecule has 22 atom stereocenters. The molecule has 22 unspecified atom stereocenters. The lowest BCUT2D eigenvalue weighted by Gasteiger charge is -2.71. The fraction of sp³-hybridized carbons (Fsp3) is 0.936. The Kier molecular flexibility index (Phi) is 13.2. The van der Waals surface area contributed by atoms with Gasteiger partial charge in [-0.2, -0.15) is 0 Å². The fourth-order valence-electron chi connectivity index (χ4n) is 14.8. The lowest BCUT2D eigenvalue weighted by atomic mass is 9.33. The molecule has 17 heteroatoms. The SMILES string of the molecule is CC1(C)CCC2(C(=O)OC3OC(CO)C(O)C(O)C3O)CCC3(C)C(=CCC4C5(C)CCC(OC6OCC(O)C(OC7OC(CO)C(O)C(O)C7O)C6O)C(C)(C)C5CCC43C)C2C1. The predicted molar refractivity (Wildman–Crippen MR) is 224 cm³/mol. The van der Waals surface area contributed by atoms with Crippen molar-refractivity contribution in [3.05, 3.63) is 11.6 Å². The summed E-state index contributed by atoms with van der Waals surface area (Å²) in [6.07, 6.45) is -10.9. The molecule has 0 radical (unpaired) electrons. The molecule has 0 aromatic heterocycles. The Morgan fingerprint density at radius 3 is 1.92 bits per heavy atom. The normalized spacial score (nSPS) is 53.4. The van der Waals surface area contributed by atoms with Gasteiger partial charge in [-0.25, -0.2) is 0 Å². The molecule has 4 saturated carbocycles. The van der Waals surface area contributed by atoms with Gasteiger partial charge in [0.1, 0.15) is 67.1 Å². The van der Waals surface area contributed by atoms with E-state index in [2.05, 4.69) is 54.5 Å². The molecule has 64 heavy (non-hydrogen) atoms. The van der Waals surface area contributed by atoms with E-state index in [0.29, 0.717) is 25.2 Å². The van der Waals surface area contributed by atoms with E-state index in [1.807, 2.05) is 0 Å². The van der Waals surface area contributed by atoms with Crippen molar-refractivity contribution >= 4 is 5.97 Å². The third kappa shape index (κ3) is 7.58. The van der Waals surface area contributed by atoms with E-state index < -0.39 is 111 Å². The number of carbonyl (C=O) groups excluding carboxylic acids is 1. The molecule has 7 fully saturated rings. The maximum Gasteiger partial charge on any atom is 0.315 e. The Morgan fingerprint density at radius 2 is 1.28 bits per heavy atom. The van der Waals surface area contributed by atoms with Gasteiger partial charge in [-0.1, -0.05) is 60.1 Å². The Balaban J connectivity index is 1.01. The van der Waals surface area contributed by atoms with Crippen LogP contribution < -0.4 is 0 Å². The molecule has 0 spiro atoms. The van der Waals surface area contributed by atoms with Crippen molar-refractivity contribution in [2.75, 3.05) is 19.8 Å². The third-order valence-electron chi connectivity index (χ3n) is 18.9. The van der Waals surface area contributed by atoms with E-state index in [1.54, 1.807) is 0 Å². The minimum atomic E-state index is -1.72. The van der Waals surface area contributed by atoms with Crippen LogP contribution in [-0.4, -0.2) is 169 Å². The van der Waals surface area contributed by atoms with Crippen LogP contribution in [0.5, 0.6) is 0 Å². The first kappa shape index (κ1) is 49.0. The summed E-state index contributed by atoms with van der Waals surface area (Å²) in [6, 6.07) is 0. The van der Waals surface area contributed by atoms with Crippen LogP contribution in [0.3, 0.4) is 0 Å². The second-order valence-corrected chi connectivity index (χ2v) is 23.0.